The van der Waals surface area contributed by atoms with E-state index in [0.717, 1.165) is 40.8 Å². The second-order valence-electron chi connectivity index (χ2n) is 9.76. The quantitative estimate of drug-likeness (QED) is 0.328. The number of H-pyrrole nitrogens is 1. The number of rotatable bonds is 9. The van der Waals surface area contributed by atoms with Crippen LogP contribution in [0, 0.1) is 5.92 Å². The lowest BCUT2D eigenvalue weighted by Crippen LogP contribution is -2.63. The van der Waals surface area contributed by atoms with Gasteiger partial charge >= 0.3 is 0 Å². The highest BCUT2D eigenvalue weighted by molar-refractivity contribution is 7.99. The van der Waals surface area contributed by atoms with Gasteiger partial charge in [0, 0.05) is 40.7 Å². The van der Waals surface area contributed by atoms with Gasteiger partial charge in [0.25, 0.3) is 0 Å². The molecular formula is C25H29N7O2S. The number of hydrogen-bond donors (Lipinski definition) is 4. The number of benzene rings is 1. The number of aromatic nitrogens is 4. The molecule has 2 aliphatic carbocycles. The molecule has 6 rings (SSSR count). The molecule has 0 atom stereocenters. The molecule has 0 unspecified atom stereocenters. The van der Waals surface area contributed by atoms with Crippen molar-refractivity contribution in [3.8, 4) is 0 Å². The number of anilines is 4. The van der Waals surface area contributed by atoms with Gasteiger partial charge < -0.3 is 20.6 Å². The minimum atomic E-state index is -0.591. The summed E-state index contributed by atoms with van der Waals surface area (Å²) in [6, 6.07) is 11.6. The molecule has 9 nitrogen and oxygen atoms in total. The maximum Gasteiger partial charge on any atom is 0.224 e. The van der Waals surface area contributed by atoms with Crippen LogP contribution in [0.15, 0.2) is 46.5 Å². The first kappa shape index (κ1) is 22.4. The van der Waals surface area contributed by atoms with Gasteiger partial charge in [0.15, 0.2) is 11.0 Å². The summed E-state index contributed by atoms with van der Waals surface area (Å²) >= 11 is 1.46. The molecular weight excluding hydrogens is 462 g/mol. The highest BCUT2D eigenvalue weighted by Crippen LogP contribution is 2.46. The Balaban J connectivity index is 1.22. The first-order valence-electron chi connectivity index (χ1n) is 12.2. The zero-order valence-electron chi connectivity index (χ0n) is 19.6. The van der Waals surface area contributed by atoms with E-state index in [-0.39, 0.29) is 5.91 Å². The van der Waals surface area contributed by atoms with Crippen LogP contribution in [0.4, 0.5) is 23.1 Å². The first-order chi connectivity index (χ1) is 17.0. The summed E-state index contributed by atoms with van der Waals surface area (Å²) in [7, 11) is 0. The fourth-order valence-electron chi connectivity index (χ4n) is 4.44. The Bertz CT molecular complexity index is 1230. The molecule has 3 fully saturated rings. The van der Waals surface area contributed by atoms with Gasteiger partial charge in [-0.25, -0.2) is 9.97 Å². The van der Waals surface area contributed by atoms with Crippen LogP contribution in [-0.2, 0) is 4.79 Å². The topological polar surface area (TPSA) is 119 Å². The van der Waals surface area contributed by atoms with Crippen molar-refractivity contribution >= 4 is 40.8 Å². The molecule has 0 bridgehead atoms. The second kappa shape index (κ2) is 8.83. The predicted molar refractivity (Wildman–Crippen MR) is 135 cm³/mol. The Hall–Kier alpha value is -3.11. The predicted octanol–water partition coefficient (Wildman–Crippen LogP) is 4.28. The van der Waals surface area contributed by atoms with Crippen LogP contribution in [0.1, 0.15) is 50.6 Å². The number of β-amino-alcohol motifs (C(OH)–C–C–N with tert-alkyl or cyclic N) is 1. The van der Waals surface area contributed by atoms with E-state index < -0.39 is 5.60 Å². The van der Waals surface area contributed by atoms with Crippen molar-refractivity contribution in [1.82, 2.24) is 20.2 Å². The van der Waals surface area contributed by atoms with Crippen LogP contribution >= 0.6 is 11.8 Å². The molecule has 2 aromatic heterocycles. The maximum atomic E-state index is 11.6. The zero-order valence-corrected chi connectivity index (χ0v) is 20.4. The fourth-order valence-corrected chi connectivity index (χ4v) is 5.20. The van der Waals surface area contributed by atoms with Crippen molar-refractivity contribution in [1.29, 1.82) is 0 Å². The minimum absolute atomic E-state index is 0.0129. The van der Waals surface area contributed by atoms with Crippen LogP contribution in [0.25, 0.3) is 0 Å². The Kier molecular flexibility index (Phi) is 5.64. The van der Waals surface area contributed by atoms with Crippen LogP contribution < -0.4 is 15.5 Å². The highest BCUT2D eigenvalue weighted by Gasteiger charge is 2.52. The molecule has 1 aliphatic heterocycles. The van der Waals surface area contributed by atoms with E-state index in [1.807, 2.05) is 43.3 Å². The molecule has 35 heavy (non-hydrogen) atoms. The number of aliphatic hydroxyl groups is 1. The van der Waals surface area contributed by atoms with Crippen molar-refractivity contribution in [2.75, 3.05) is 28.6 Å². The maximum absolute atomic E-state index is 11.6. The summed E-state index contributed by atoms with van der Waals surface area (Å²) in [5.74, 6) is 3.20. The van der Waals surface area contributed by atoms with Gasteiger partial charge in [0.2, 0.25) is 5.91 Å². The molecule has 0 spiro atoms. The van der Waals surface area contributed by atoms with Crippen molar-refractivity contribution < 1.29 is 9.90 Å². The first-order valence-corrected chi connectivity index (χ1v) is 13.1. The van der Waals surface area contributed by atoms with E-state index in [2.05, 4.69) is 25.7 Å². The van der Waals surface area contributed by atoms with E-state index in [4.69, 9.17) is 9.97 Å². The third-order valence-corrected chi connectivity index (χ3v) is 7.70. The van der Waals surface area contributed by atoms with Gasteiger partial charge in [-0.2, -0.15) is 5.10 Å². The Morgan fingerprint density at radius 2 is 1.91 bits per heavy atom. The van der Waals surface area contributed by atoms with Crippen LogP contribution in [-0.4, -0.2) is 49.9 Å². The molecule has 2 saturated carbocycles. The van der Waals surface area contributed by atoms with E-state index in [1.165, 1.54) is 24.6 Å². The smallest absolute Gasteiger partial charge is 0.224 e. The van der Waals surface area contributed by atoms with Gasteiger partial charge in [-0.05, 0) is 67.6 Å². The van der Waals surface area contributed by atoms with Crippen LogP contribution in [0.5, 0.6) is 0 Å². The molecule has 3 aliphatic rings. The summed E-state index contributed by atoms with van der Waals surface area (Å²) in [4.78, 5) is 24.2. The van der Waals surface area contributed by atoms with Crippen LogP contribution in [0.2, 0.25) is 0 Å². The molecule has 182 valence electrons. The van der Waals surface area contributed by atoms with Crippen molar-refractivity contribution in [3.05, 3.63) is 42.1 Å². The molecule has 4 N–H and O–H groups in total. The molecule has 0 radical (unpaired) electrons. The van der Waals surface area contributed by atoms with Gasteiger partial charge in [-0.3, -0.25) is 9.89 Å². The number of nitrogens with one attached hydrogen (secondary N) is 3. The third-order valence-electron chi connectivity index (χ3n) is 6.82. The molecule has 3 aromatic rings. The molecule has 3 heterocycles. The van der Waals surface area contributed by atoms with Crippen molar-refractivity contribution in [3.63, 3.8) is 0 Å². The largest absolute Gasteiger partial charge is 0.386 e. The molecule has 1 aromatic carbocycles. The number of hydrogen-bond acceptors (Lipinski definition) is 8. The third kappa shape index (κ3) is 4.99. The van der Waals surface area contributed by atoms with Crippen molar-refractivity contribution in [2.24, 2.45) is 5.92 Å². The molecule has 1 amide bonds. The van der Waals surface area contributed by atoms with Gasteiger partial charge in [0.05, 0.1) is 13.1 Å². The minimum Gasteiger partial charge on any atom is -0.386 e. The Morgan fingerprint density at radius 3 is 2.60 bits per heavy atom. The average Bonchev–Trinajstić information content (AvgIpc) is 3.76. The summed E-state index contributed by atoms with van der Waals surface area (Å²) < 4.78 is 0. The standard InChI is InChI=1S/C25H29N7O2S/c1-2-23(33)26-17-7-9-18(10-8-17)35-24-28-20(27-21-11-19(30-31-21)15-3-4-15)12-22(29-24)32-13-25(34,14-32)16-5-6-16/h7-12,15-16,34H,2-6,13-14H2,1H3,(H,26,33)(H2,27,28,29,30,31). The van der Waals surface area contributed by atoms with E-state index >= 15 is 0 Å². The lowest BCUT2D eigenvalue weighted by atomic mass is 9.89. The molecule has 10 heteroatoms. The van der Waals surface area contributed by atoms with E-state index in [1.54, 1.807) is 0 Å². The van der Waals surface area contributed by atoms with Gasteiger partial charge in [-0.1, -0.05) is 6.92 Å². The lowest BCUT2D eigenvalue weighted by molar-refractivity contribution is -0.115. The Labute approximate surface area is 208 Å². The monoisotopic (exact) mass is 491 g/mol. The summed E-state index contributed by atoms with van der Waals surface area (Å²) in [5, 5.41) is 25.1. The SMILES string of the molecule is CCC(=O)Nc1ccc(Sc2nc(Nc3cc(C4CC4)[nH]n3)cc(N3CC(O)(C4CC4)C3)n2)cc1. The highest BCUT2D eigenvalue weighted by atomic mass is 32.2. The molecule has 1 saturated heterocycles. The fraction of sp³-hybridized carbons (Fsp3) is 0.440. The van der Waals surface area contributed by atoms with Gasteiger partial charge in [-0.15, -0.1) is 0 Å². The summed E-state index contributed by atoms with van der Waals surface area (Å²) in [5.41, 5.74) is 1.33. The Morgan fingerprint density at radius 1 is 1.14 bits per heavy atom. The number of carbonyl (C=O) groups excluding carboxylic acids is 1. The average molecular weight is 492 g/mol. The second-order valence-corrected chi connectivity index (χ2v) is 10.8. The summed E-state index contributed by atoms with van der Waals surface area (Å²) in [6.45, 7) is 3.02. The number of amides is 1. The van der Waals surface area contributed by atoms with Crippen LogP contribution in [0.3, 0.4) is 0 Å². The lowest BCUT2D eigenvalue weighted by Gasteiger charge is -2.47. The summed E-state index contributed by atoms with van der Waals surface area (Å²) in [6.07, 6.45) is 5.08. The van der Waals surface area contributed by atoms with Crippen molar-refractivity contribution in [2.45, 2.75) is 60.6 Å². The van der Waals surface area contributed by atoms with E-state index in [9.17, 15) is 9.90 Å². The van der Waals surface area contributed by atoms with Gasteiger partial charge in [0.1, 0.15) is 17.2 Å². The number of carbonyl (C=O) groups is 1. The number of nitrogens with zero attached hydrogens (tertiary/aromatic N) is 4. The van der Waals surface area contributed by atoms with E-state index in [0.29, 0.717) is 42.3 Å². The normalized spacial score (nSPS) is 18.7. The zero-order chi connectivity index (χ0) is 24.0. The number of aromatic amines is 1.